The van der Waals surface area contributed by atoms with E-state index in [4.69, 9.17) is 9.26 Å². The Labute approximate surface area is 174 Å². The molecule has 0 spiro atoms. The van der Waals surface area contributed by atoms with Crippen molar-refractivity contribution in [2.75, 3.05) is 0 Å². The number of nitrogens with zero attached hydrogens (tertiary/aromatic N) is 3. The highest BCUT2D eigenvalue weighted by molar-refractivity contribution is 9.10. The van der Waals surface area contributed by atoms with Gasteiger partial charge in [-0.25, -0.2) is 0 Å². The Hall–Kier alpha value is -3.52. The predicted molar refractivity (Wildman–Crippen MR) is 110 cm³/mol. The van der Waals surface area contributed by atoms with Crippen LogP contribution < -0.4 is 4.74 Å². The molecular formula is C21H14BrN3O4. The van der Waals surface area contributed by atoms with E-state index in [2.05, 4.69) is 26.1 Å². The van der Waals surface area contributed by atoms with Crippen molar-refractivity contribution in [2.24, 2.45) is 0 Å². The maximum atomic E-state index is 10.8. The molecule has 1 aromatic heterocycles. The Morgan fingerprint density at radius 2 is 1.66 bits per heavy atom. The summed E-state index contributed by atoms with van der Waals surface area (Å²) < 4.78 is 12.0. The van der Waals surface area contributed by atoms with Gasteiger partial charge in [-0.1, -0.05) is 29.4 Å². The highest BCUT2D eigenvalue weighted by atomic mass is 79.9. The summed E-state index contributed by atoms with van der Waals surface area (Å²) in [6.07, 6.45) is 0. The van der Waals surface area contributed by atoms with Gasteiger partial charge in [-0.3, -0.25) is 10.1 Å². The molecule has 0 saturated heterocycles. The van der Waals surface area contributed by atoms with Crippen molar-refractivity contribution in [3.05, 3.63) is 92.9 Å². The van der Waals surface area contributed by atoms with Crippen LogP contribution in [-0.2, 0) is 6.61 Å². The number of ether oxygens (including phenoxy) is 1. The fourth-order valence-corrected chi connectivity index (χ4v) is 3.06. The predicted octanol–water partition coefficient (Wildman–Crippen LogP) is 5.65. The van der Waals surface area contributed by atoms with Gasteiger partial charge in [0.1, 0.15) is 12.4 Å². The third-order valence-corrected chi connectivity index (χ3v) is 4.85. The van der Waals surface area contributed by atoms with Gasteiger partial charge in [0.05, 0.1) is 9.40 Å². The Morgan fingerprint density at radius 3 is 2.34 bits per heavy atom. The maximum absolute atomic E-state index is 10.8. The average molecular weight is 452 g/mol. The molecule has 0 aliphatic rings. The zero-order chi connectivity index (χ0) is 20.2. The molecule has 0 atom stereocenters. The molecule has 4 aromatic rings. The second kappa shape index (κ2) is 8.24. The molecule has 0 saturated carbocycles. The van der Waals surface area contributed by atoms with Crippen molar-refractivity contribution in [3.8, 4) is 28.6 Å². The van der Waals surface area contributed by atoms with Crippen LogP contribution in [0.25, 0.3) is 22.8 Å². The van der Waals surface area contributed by atoms with E-state index in [1.54, 1.807) is 12.1 Å². The van der Waals surface area contributed by atoms with Crippen LogP contribution in [0.5, 0.6) is 5.75 Å². The van der Waals surface area contributed by atoms with E-state index in [1.807, 2.05) is 48.5 Å². The Kier molecular flexibility index (Phi) is 5.35. The summed E-state index contributed by atoms with van der Waals surface area (Å²) in [5.41, 5.74) is 2.43. The molecule has 0 amide bonds. The summed E-state index contributed by atoms with van der Waals surface area (Å²) in [5, 5.41) is 14.7. The zero-order valence-corrected chi connectivity index (χ0v) is 16.6. The molecule has 7 nitrogen and oxygen atoms in total. The van der Waals surface area contributed by atoms with Crippen molar-refractivity contribution in [3.63, 3.8) is 0 Å². The average Bonchev–Trinajstić information content (AvgIpc) is 3.24. The van der Waals surface area contributed by atoms with E-state index < -0.39 is 4.92 Å². The van der Waals surface area contributed by atoms with Gasteiger partial charge in [0.25, 0.3) is 11.6 Å². The summed E-state index contributed by atoms with van der Waals surface area (Å²) >= 11 is 3.46. The van der Waals surface area contributed by atoms with Crippen LogP contribution in [-0.4, -0.2) is 15.1 Å². The Morgan fingerprint density at radius 1 is 0.966 bits per heavy atom. The number of nitro benzene ring substituents is 1. The maximum Gasteiger partial charge on any atom is 0.269 e. The van der Waals surface area contributed by atoms with Crippen molar-refractivity contribution in [2.45, 2.75) is 6.61 Å². The van der Waals surface area contributed by atoms with Crippen LogP contribution in [0, 0.1) is 10.1 Å². The molecule has 0 unspecified atom stereocenters. The van der Waals surface area contributed by atoms with Gasteiger partial charge in [0, 0.05) is 23.3 Å². The minimum Gasteiger partial charge on any atom is -0.488 e. The number of halogens is 1. The highest BCUT2D eigenvalue weighted by Gasteiger charge is 2.12. The van der Waals surface area contributed by atoms with E-state index in [0.717, 1.165) is 21.3 Å². The van der Waals surface area contributed by atoms with Gasteiger partial charge in [0.15, 0.2) is 0 Å². The fraction of sp³-hybridized carbons (Fsp3) is 0.0476. The number of rotatable bonds is 6. The van der Waals surface area contributed by atoms with Crippen LogP contribution in [0.3, 0.4) is 0 Å². The van der Waals surface area contributed by atoms with Gasteiger partial charge in [-0.05, 0) is 57.9 Å². The van der Waals surface area contributed by atoms with Gasteiger partial charge in [-0.15, -0.1) is 0 Å². The van der Waals surface area contributed by atoms with Gasteiger partial charge >= 0.3 is 0 Å². The van der Waals surface area contributed by atoms with Gasteiger partial charge in [-0.2, -0.15) is 4.98 Å². The molecule has 3 aromatic carbocycles. The molecule has 4 rings (SSSR count). The van der Waals surface area contributed by atoms with Crippen LogP contribution in [0.1, 0.15) is 5.56 Å². The lowest BCUT2D eigenvalue weighted by Gasteiger charge is -2.08. The fourth-order valence-electron chi connectivity index (χ4n) is 2.66. The quantitative estimate of drug-likeness (QED) is 0.277. The number of nitro groups is 1. The second-order valence-electron chi connectivity index (χ2n) is 6.14. The molecule has 29 heavy (non-hydrogen) atoms. The third-order valence-electron chi connectivity index (χ3n) is 4.19. The molecule has 0 radical (unpaired) electrons. The lowest BCUT2D eigenvalue weighted by molar-refractivity contribution is -0.384. The zero-order valence-electron chi connectivity index (χ0n) is 15.0. The topological polar surface area (TPSA) is 91.3 Å². The monoisotopic (exact) mass is 451 g/mol. The number of benzene rings is 3. The molecule has 8 heteroatoms. The van der Waals surface area contributed by atoms with Crippen LogP contribution in [0.2, 0.25) is 0 Å². The van der Waals surface area contributed by atoms with E-state index in [1.165, 1.54) is 12.1 Å². The highest BCUT2D eigenvalue weighted by Crippen LogP contribution is 2.26. The van der Waals surface area contributed by atoms with Gasteiger partial charge < -0.3 is 9.26 Å². The normalized spacial score (nSPS) is 10.7. The molecule has 144 valence electrons. The Balaban J connectivity index is 1.45. The lowest BCUT2D eigenvalue weighted by atomic mass is 10.1. The van der Waals surface area contributed by atoms with Crippen molar-refractivity contribution in [1.29, 1.82) is 0 Å². The number of hydrogen-bond acceptors (Lipinski definition) is 6. The first-order valence-electron chi connectivity index (χ1n) is 8.65. The number of para-hydroxylation sites is 1. The first-order valence-corrected chi connectivity index (χ1v) is 9.44. The van der Waals surface area contributed by atoms with Crippen LogP contribution in [0.15, 0.2) is 81.8 Å². The summed E-state index contributed by atoms with van der Waals surface area (Å²) in [4.78, 5) is 14.7. The summed E-state index contributed by atoms with van der Waals surface area (Å²) in [6.45, 7) is 0.431. The van der Waals surface area contributed by atoms with E-state index >= 15 is 0 Å². The first-order chi connectivity index (χ1) is 14.1. The second-order valence-corrected chi connectivity index (χ2v) is 7.00. The van der Waals surface area contributed by atoms with Crippen molar-refractivity contribution < 1.29 is 14.2 Å². The largest absolute Gasteiger partial charge is 0.488 e. The molecule has 0 fully saturated rings. The van der Waals surface area contributed by atoms with Gasteiger partial charge in [0.2, 0.25) is 5.82 Å². The van der Waals surface area contributed by atoms with E-state index in [9.17, 15) is 10.1 Å². The number of hydrogen-bond donors (Lipinski definition) is 0. The van der Waals surface area contributed by atoms with E-state index in [-0.39, 0.29) is 5.69 Å². The standard InChI is InChI=1S/C21H14BrN3O4/c22-18-3-1-2-4-19(18)28-13-14-5-7-16(8-6-14)21-23-20(24-29-21)15-9-11-17(12-10-15)25(26)27/h1-12H,13H2. The molecular weight excluding hydrogens is 438 g/mol. The van der Waals surface area contributed by atoms with Crippen molar-refractivity contribution in [1.82, 2.24) is 10.1 Å². The minimum absolute atomic E-state index is 0.0119. The number of aromatic nitrogens is 2. The molecule has 1 heterocycles. The van der Waals surface area contributed by atoms with Crippen LogP contribution in [0.4, 0.5) is 5.69 Å². The number of non-ortho nitro benzene ring substituents is 1. The SMILES string of the molecule is O=[N+]([O-])c1ccc(-c2noc(-c3ccc(COc4ccccc4Br)cc3)n2)cc1. The molecule has 0 aliphatic heterocycles. The minimum atomic E-state index is -0.451. The lowest BCUT2D eigenvalue weighted by Crippen LogP contribution is -1.95. The third kappa shape index (κ3) is 4.33. The van der Waals surface area contributed by atoms with Crippen molar-refractivity contribution >= 4 is 21.6 Å². The summed E-state index contributed by atoms with van der Waals surface area (Å²) in [6, 6.07) is 21.3. The first kappa shape index (κ1) is 18.8. The Bertz CT molecular complexity index is 1140. The molecule has 0 aliphatic carbocycles. The summed E-state index contributed by atoms with van der Waals surface area (Å²) in [5.74, 6) is 1.52. The smallest absolute Gasteiger partial charge is 0.269 e. The van der Waals surface area contributed by atoms with E-state index in [0.29, 0.717) is 23.9 Å². The molecule has 0 bridgehead atoms. The summed E-state index contributed by atoms with van der Waals surface area (Å²) in [7, 11) is 0. The van der Waals surface area contributed by atoms with Crippen LogP contribution >= 0.6 is 15.9 Å². The molecule has 0 N–H and O–H groups in total.